The van der Waals surface area contributed by atoms with Gasteiger partial charge in [-0.3, -0.25) is 0 Å². The molecule has 0 amide bonds. The Morgan fingerprint density at radius 2 is 2.16 bits per heavy atom. The Hall–Kier alpha value is -2.08. The highest BCUT2D eigenvalue weighted by atomic mass is 16.5. The predicted octanol–water partition coefficient (Wildman–Crippen LogP) is 1.65. The Morgan fingerprint density at radius 1 is 1.32 bits per heavy atom. The van der Waals surface area contributed by atoms with Crippen molar-refractivity contribution in [3.05, 3.63) is 24.1 Å². The van der Waals surface area contributed by atoms with Crippen molar-refractivity contribution in [3.63, 3.8) is 0 Å². The number of rotatable bonds is 6. The molecule has 0 aliphatic carbocycles. The number of ether oxygens (including phenoxy) is 2. The molecule has 6 heteroatoms. The van der Waals surface area contributed by atoms with Crippen LogP contribution in [-0.2, 0) is 6.42 Å². The van der Waals surface area contributed by atoms with Gasteiger partial charge in [0.05, 0.1) is 13.7 Å². The number of methoxy groups -OCH3 is 1. The number of aromatic nitrogens is 2. The summed E-state index contributed by atoms with van der Waals surface area (Å²) in [6.07, 6.45) is 0.571. The average Bonchev–Trinajstić information content (AvgIpc) is 2.88. The predicted molar refractivity (Wildman–Crippen MR) is 70.2 cm³/mol. The van der Waals surface area contributed by atoms with Crippen LogP contribution in [0.1, 0.15) is 12.8 Å². The van der Waals surface area contributed by atoms with Crippen molar-refractivity contribution in [2.24, 2.45) is 5.73 Å². The molecule has 0 fully saturated rings. The molecular weight excluding hydrogens is 246 g/mol. The fourth-order valence-electron chi connectivity index (χ4n) is 1.68. The first-order valence-electron chi connectivity index (χ1n) is 6.12. The van der Waals surface area contributed by atoms with Crippen molar-refractivity contribution >= 4 is 0 Å². The molecule has 0 aliphatic rings. The molecule has 1 heterocycles. The van der Waals surface area contributed by atoms with Gasteiger partial charge in [-0.25, -0.2) is 0 Å². The van der Waals surface area contributed by atoms with Crippen LogP contribution in [0.15, 0.2) is 22.7 Å². The Labute approximate surface area is 111 Å². The molecule has 0 saturated carbocycles. The second-order valence-corrected chi connectivity index (χ2v) is 3.85. The molecule has 0 unspecified atom stereocenters. The number of hydrogen-bond acceptors (Lipinski definition) is 6. The molecule has 0 saturated heterocycles. The van der Waals surface area contributed by atoms with E-state index in [4.69, 9.17) is 19.7 Å². The molecular formula is C13H17N3O3. The van der Waals surface area contributed by atoms with E-state index in [9.17, 15) is 0 Å². The summed E-state index contributed by atoms with van der Waals surface area (Å²) in [5.74, 6) is 2.39. The molecule has 2 aromatic rings. The Morgan fingerprint density at radius 3 is 2.84 bits per heavy atom. The van der Waals surface area contributed by atoms with Gasteiger partial charge in [-0.05, 0) is 25.1 Å². The van der Waals surface area contributed by atoms with Crippen LogP contribution in [0.25, 0.3) is 11.4 Å². The highest BCUT2D eigenvalue weighted by Crippen LogP contribution is 2.31. The van der Waals surface area contributed by atoms with E-state index in [-0.39, 0.29) is 0 Å². The van der Waals surface area contributed by atoms with Gasteiger partial charge in [-0.15, -0.1) is 0 Å². The summed E-state index contributed by atoms with van der Waals surface area (Å²) >= 11 is 0. The summed E-state index contributed by atoms with van der Waals surface area (Å²) in [6, 6.07) is 5.51. The quantitative estimate of drug-likeness (QED) is 0.853. The zero-order valence-corrected chi connectivity index (χ0v) is 11.0. The Balaban J connectivity index is 2.30. The van der Waals surface area contributed by atoms with Gasteiger partial charge in [0.15, 0.2) is 11.5 Å². The Bertz CT molecular complexity index is 540. The normalized spacial score (nSPS) is 10.5. The first kappa shape index (κ1) is 13.4. The van der Waals surface area contributed by atoms with Gasteiger partial charge in [-0.1, -0.05) is 5.16 Å². The van der Waals surface area contributed by atoms with Crippen LogP contribution < -0.4 is 15.2 Å². The fraction of sp³-hybridized carbons (Fsp3) is 0.385. The van der Waals surface area contributed by atoms with E-state index < -0.39 is 0 Å². The highest BCUT2D eigenvalue weighted by Gasteiger charge is 2.11. The van der Waals surface area contributed by atoms with E-state index in [0.717, 1.165) is 5.56 Å². The lowest BCUT2D eigenvalue weighted by molar-refractivity contribution is 0.311. The SMILES string of the molecule is CCOc1cc(-c2noc(CCN)n2)ccc1OC. The van der Waals surface area contributed by atoms with Crippen molar-refractivity contribution in [3.8, 4) is 22.9 Å². The lowest BCUT2D eigenvalue weighted by atomic mass is 10.2. The number of nitrogens with two attached hydrogens (primary N) is 1. The van der Waals surface area contributed by atoms with Gasteiger partial charge in [0.25, 0.3) is 0 Å². The van der Waals surface area contributed by atoms with E-state index >= 15 is 0 Å². The molecule has 102 valence electrons. The minimum atomic E-state index is 0.481. The van der Waals surface area contributed by atoms with Crippen LogP contribution in [-0.4, -0.2) is 30.4 Å². The van der Waals surface area contributed by atoms with Crippen LogP contribution >= 0.6 is 0 Å². The van der Waals surface area contributed by atoms with Crippen LogP contribution in [0.3, 0.4) is 0 Å². The van der Waals surface area contributed by atoms with Crippen molar-refractivity contribution in [1.82, 2.24) is 10.1 Å². The first-order valence-corrected chi connectivity index (χ1v) is 6.12. The monoisotopic (exact) mass is 263 g/mol. The first-order chi connectivity index (χ1) is 9.28. The van der Waals surface area contributed by atoms with Gasteiger partial charge in [0, 0.05) is 18.5 Å². The third-order valence-electron chi connectivity index (χ3n) is 2.55. The minimum absolute atomic E-state index is 0.481. The maximum absolute atomic E-state index is 5.51. The zero-order chi connectivity index (χ0) is 13.7. The number of benzene rings is 1. The molecule has 19 heavy (non-hydrogen) atoms. The van der Waals surface area contributed by atoms with Gasteiger partial charge in [0.2, 0.25) is 11.7 Å². The maximum Gasteiger partial charge on any atom is 0.228 e. The number of nitrogens with zero attached hydrogens (tertiary/aromatic N) is 2. The van der Waals surface area contributed by atoms with E-state index in [1.807, 2.05) is 25.1 Å². The lowest BCUT2D eigenvalue weighted by Gasteiger charge is -2.09. The van der Waals surface area contributed by atoms with E-state index in [0.29, 0.717) is 42.8 Å². The third-order valence-corrected chi connectivity index (χ3v) is 2.55. The lowest BCUT2D eigenvalue weighted by Crippen LogP contribution is -2.02. The van der Waals surface area contributed by atoms with Crippen LogP contribution in [0.4, 0.5) is 0 Å². The van der Waals surface area contributed by atoms with Gasteiger partial charge < -0.3 is 19.7 Å². The number of hydrogen-bond donors (Lipinski definition) is 1. The van der Waals surface area contributed by atoms with E-state index in [1.54, 1.807) is 7.11 Å². The van der Waals surface area contributed by atoms with Gasteiger partial charge >= 0.3 is 0 Å². The van der Waals surface area contributed by atoms with E-state index in [1.165, 1.54) is 0 Å². The zero-order valence-electron chi connectivity index (χ0n) is 11.0. The molecule has 0 spiro atoms. The van der Waals surface area contributed by atoms with Crippen LogP contribution in [0, 0.1) is 0 Å². The summed E-state index contributed by atoms with van der Waals surface area (Å²) < 4.78 is 15.8. The standard InChI is InChI=1S/C13H17N3O3/c1-3-18-11-8-9(4-5-10(11)17-2)13-15-12(6-7-14)19-16-13/h4-5,8H,3,6-7,14H2,1-2H3. The van der Waals surface area contributed by atoms with Gasteiger partial charge in [0.1, 0.15) is 0 Å². The molecule has 0 atom stereocenters. The van der Waals surface area contributed by atoms with Crippen molar-refractivity contribution in [1.29, 1.82) is 0 Å². The van der Waals surface area contributed by atoms with Crippen LogP contribution in [0.5, 0.6) is 11.5 Å². The molecule has 0 radical (unpaired) electrons. The van der Waals surface area contributed by atoms with Crippen LogP contribution in [0.2, 0.25) is 0 Å². The molecule has 2 rings (SSSR count). The molecule has 6 nitrogen and oxygen atoms in total. The topological polar surface area (TPSA) is 83.4 Å². The molecule has 0 aliphatic heterocycles. The summed E-state index contributed by atoms with van der Waals surface area (Å²) in [4.78, 5) is 4.27. The average molecular weight is 263 g/mol. The van der Waals surface area contributed by atoms with E-state index in [2.05, 4.69) is 10.1 Å². The maximum atomic E-state index is 5.51. The second kappa shape index (κ2) is 6.19. The van der Waals surface area contributed by atoms with Crippen molar-refractivity contribution < 1.29 is 14.0 Å². The smallest absolute Gasteiger partial charge is 0.228 e. The van der Waals surface area contributed by atoms with Crippen molar-refractivity contribution in [2.75, 3.05) is 20.3 Å². The third kappa shape index (κ3) is 3.03. The molecule has 2 N–H and O–H groups in total. The van der Waals surface area contributed by atoms with Crippen molar-refractivity contribution in [2.45, 2.75) is 13.3 Å². The largest absolute Gasteiger partial charge is 0.493 e. The summed E-state index contributed by atoms with van der Waals surface area (Å²) in [7, 11) is 1.60. The molecule has 1 aromatic heterocycles. The summed E-state index contributed by atoms with van der Waals surface area (Å²) in [5, 5.41) is 3.92. The summed E-state index contributed by atoms with van der Waals surface area (Å²) in [5.41, 5.74) is 6.26. The van der Waals surface area contributed by atoms with Gasteiger partial charge in [-0.2, -0.15) is 4.98 Å². The highest BCUT2D eigenvalue weighted by molar-refractivity contribution is 5.60. The Kier molecular flexibility index (Phi) is 4.35. The second-order valence-electron chi connectivity index (χ2n) is 3.85. The molecule has 0 bridgehead atoms. The summed E-state index contributed by atoms with van der Waals surface area (Å²) in [6.45, 7) is 2.96. The molecule has 1 aromatic carbocycles. The minimum Gasteiger partial charge on any atom is -0.493 e. The fourth-order valence-corrected chi connectivity index (χ4v) is 1.68.